The van der Waals surface area contributed by atoms with Crippen molar-refractivity contribution in [3.8, 4) is 0 Å². The minimum Gasteiger partial charge on any atom is -0.465 e. The third kappa shape index (κ3) is 2.94. The molecule has 0 spiro atoms. The number of nitrogens with zero attached hydrogens (tertiary/aromatic N) is 1. The summed E-state index contributed by atoms with van der Waals surface area (Å²) >= 11 is 6.88. The Morgan fingerprint density at radius 3 is 2.55 bits per heavy atom. The number of carbonyl (C=O) groups excluding carboxylic acids is 1. The molecule has 3 N–H and O–H groups in total. The van der Waals surface area contributed by atoms with Crippen LogP contribution in [0.15, 0.2) is 39.4 Å². The quantitative estimate of drug-likeness (QED) is 0.767. The number of para-hydroxylation sites is 1. The molecule has 1 aromatic heterocycles. The van der Waals surface area contributed by atoms with Crippen molar-refractivity contribution in [1.29, 1.82) is 0 Å². The average Bonchev–Trinajstić information content (AvgIpc) is 2.44. The molecular weight excluding hydrogens is 390 g/mol. The van der Waals surface area contributed by atoms with Crippen molar-refractivity contribution < 1.29 is 9.53 Å². The van der Waals surface area contributed by atoms with E-state index in [0.717, 1.165) is 14.6 Å². The van der Waals surface area contributed by atoms with Crippen LogP contribution in [0.1, 0.15) is 10.4 Å². The minimum absolute atomic E-state index is 0.238. The highest BCUT2D eigenvalue weighted by molar-refractivity contribution is 9.11. The Hall–Kier alpha value is -1.60. The van der Waals surface area contributed by atoms with Crippen molar-refractivity contribution in [1.82, 2.24) is 4.98 Å². The summed E-state index contributed by atoms with van der Waals surface area (Å²) < 4.78 is 6.36. The molecule has 0 fully saturated rings. The van der Waals surface area contributed by atoms with Crippen LogP contribution in [0.2, 0.25) is 0 Å². The molecule has 0 amide bonds. The molecule has 2 rings (SSSR count). The van der Waals surface area contributed by atoms with E-state index in [9.17, 15) is 4.79 Å². The van der Waals surface area contributed by atoms with Crippen LogP contribution in [0.3, 0.4) is 0 Å². The molecule has 1 aromatic carbocycles. The highest BCUT2D eigenvalue weighted by Gasteiger charge is 2.15. The van der Waals surface area contributed by atoms with Crippen LogP contribution in [0, 0.1) is 0 Å². The fraction of sp³-hybridized carbons (Fsp3) is 0.0769. The largest absolute Gasteiger partial charge is 0.465 e. The van der Waals surface area contributed by atoms with E-state index < -0.39 is 5.97 Å². The third-order valence-electron chi connectivity index (χ3n) is 2.60. The zero-order valence-corrected chi connectivity index (χ0v) is 13.7. The topological polar surface area (TPSA) is 77.2 Å². The molecule has 2 aromatic rings. The van der Waals surface area contributed by atoms with E-state index >= 15 is 0 Å². The van der Waals surface area contributed by atoms with Gasteiger partial charge in [-0.2, -0.15) is 0 Å². The smallest absolute Gasteiger partial charge is 0.340 e. The van der Waals surface area contributed by atoms with Crippen molar-refractivity contribution in [2.45, 2.75) is 0 Å². The van der Waals surface area contributed by atoms with Crippen LogP contribution in [0.5, 0.6) is 0 Å². The van der Waals surface area contributed by atoms with Crippen molar-refractivity contribution >= 4 is 55.0 Å². The summed E-state index contributed by atoms with van der Waals surface area (Å²) in [6.45, 7) is 0. The maximum Gasteiger partial charge on any atom is 0.340 e. The summed E-state index contributed by atoms with van der Waals surface area (Å²) in [7, 11) is 1.31. The van der Waals surface area contributed by atoms with E-state index in [0.29, 0.717) is 5.82 Å². The monoisotopic (exact) mass is 399 g/mol. The molecule has 0 aliphatic heterocycles. The number of methoxy groups -OCH3 is 1. The van der Waals surface area contributed by atoms with Crippen molar-refractivity contribution in [2.75, 3.05) is 18.2 Å². The lowest BCUT2D eigenvalue weighted by Crippen LogP contribution is -2.09. The molecule has 0 atom stereocenters. The van der Waals surface area contributed by atoms with Crippen LogP contribution in [-0.2, 0) is 4.74 Å². The first-order chi connectivity index (χ1) is 9.54. The van der Waals surface area contributed by atoms with Crippen molar-refractivity contribution in [3.63, 3.8) is 0 Å². The van der Waals surface area contributed by atoms with E-state index in [-0.39, 0.29) is 11.3 Å². The van der Waals surface area contributed by atoms with Gasteiger partial charge in [-0.3, -0.25) is 0 Å². The van der Waals surface area contributed by atoms with Gasteiger partial charge in [-0.25, -0.2) is 9.78 Å². The number of halogens is 2. The second-order valence-corrected chi connectivity index (χ2v) is 5.54. The van der Waals surface area contributed by atoms with Gasteiger partial charge in [0.1, 0.15) is 0 Å². The summed E-state index contributed by atoms with van der Waals surface area (Å²) in [5.41, 5.74) is 7.23. The number of carbonyl (C=O) groups is 1. The summed E-state index contributed by atoms with van der Waals surface area (Å²) in [4.78, 5) is 15.7. The molecule has 0 radical (unpaired) electrons. The number of aromatic nitrogens is 1. The fourth-order valence-electron chi connectivity index (χ4n) is 1.60. The summed E-state index contributed by atoms with van der Waals surface area (Å²) in [5, 5.41) is 3.09. The van der Waals surface area contributed by atoms with Gasteiger partial charge >= 0.3 is 5.97 Å². The molecule has 0 aliphatic carbocycles. The number of anilines is 3. The Morgan fingerprint density at radius 2 is 1.95 bits per heavy atom. The Kier molecular flexibility index (Phi) is 4.61. The van der Waals surface area contributed by atoms with Crippen molar-refractivity contribution in [3.05, 3.63) is 45.0 Å². The van der Waals surface area contributed by atoms with E-state index in [1.165, 1.54) is 19.4 Å². The van der Waals surface area contributed by atoms with Gasteiger partial charge in [-0.1, -0.05) is 6.07 Å². The van der Waals surface area contributed by atoms with Gasteiger partial charge in [0, 0.05) is 15.1 Å². The Balaban J connectivity index is 2.42. The number of ether oxygens (including phenoxy) is 1. The van der Waals surface area contributed by atoms with Gasteiger partial charge < -0.3 is 15.8 Å². The number of nitrogens with two attached hydrogens (primary N) is 1. The molecular formula is C13H11Br2N3O2. The maximum absolute atomic E-state index is 11.6. The van der Waals surface area contributed by atoms with Gasteiger partial charge in [-0.15, -0.1) is 0 Å². The van der Waals surface area contributed by atoms with Crippen LogP contribution in [0.25, 0.3) is 0 Å². The van der Waals surface area contributed by atoms with Crippen molar-refractivity contribution in [2.24, 2.45) is 0 Å². The molecule has 0 aliphatic rings. The number of hydrogen-bond donors (Lipinski definition) is 2. The van der Waals surface area contributed by atoms with Gasteiger partial charge in [-0.05, 0) is 50.1 Å². The molecule has 1 heterocycles. The first kappa shape index (κ1) is 14.8. The standard InChI is InChI=1S/C13H11Br2N3O2/c1-20-13(19)7-5-6-17-12(10(7)16)18-11-8(14)3-2-4-9(11)15/h2-6H,16H2,1H3,(H,17,18). The molecule has 0 unspecified atom stereocenters. The SMILES string of the molecule is COC(=O)c1ccnc(Nc2c(Br)cccc2Br)c1N. The second-order valence-electron chi connectivity index (χ2n) is 3.83. The third-order valence-corrected chi connectivity index (χ3v) is 3.92. The first-order valence-electron chi connectivity index (χ1n) is 5.58. The number of esters is 1. The molecule has 104 valence electrons. The van der Waals surface area contributed by atoms with E-state index in [1.807, 2.05) is 18.2 Å². The van der Waals surface area contributed by atoms with Gasteiger partial charge in [0.2, 0.25) is 0 Å². The lowest BCUT2D eigenvalue weighted by Gasteiger charge is -2.13. The number of nitrogen functional groups attached to an aromatic ring is 1. The van der Waals surface area contributed by atoms with Crippen LogP contribution in [-0.4, -0.2) is 18.1 Å². The minimum atomic E-state index is -0.501. The summed E-state index contributed by atoms with van der Waals surface area (Å²) in [5.74, 6) is -0.111. The summed E-state index contributed by atoms with van der Waals surface area (Å²) in [6.07, 6.45) is 1.50. The average molecular weight is 401 g/mol. The lowest BCUT2D eigenvalue weighted by molar-refractivity contribution is 0.0602. The van der Waals surface area contributed by atoms with Gasteiger partial charge in [0.05, 0.1) is 24.0 Å². The highest BCUT2D eigenvalue weighted by atomic mass is 79.9. The number of rotatable bonds is 3. The summed E-state index contributed by atoms with van der Waals surface area (Å²) in [6, 6.07) is 7.17. The highest BCUT2D eigenvalue weighted by Crippen LogP contribution is 2.34. The zero-order chi connectivity index (χ0) is 14.7. The number of nitrogens with one attached hydrogen (secondary N) is 1. The van der Waals surface area contributed by atoms with E-state index in [2.05, 4.69) is 46.9 Å². The first-order valence-corrected chi connectivity index (χ1v) is 7.17. The Labute approximate surface area is 132 Å². The molecule has 0 bridgehead atoms. The van der Waals surface area contributed by atoms with Crippen LogP contribution < -0.4 is 11.1 Å². The zero-order valence-electron chi connectivity index (χ0n) is 10.5. The molecule has 20 heavy (non-hydrogen) atoms. The lowest BCUT2D eigenvalue weighted by atomic mass is 10.2. The fourth-order valence-corrected chi connectivity index (χ4v) is 2.79. The Morgan fingerprint density at radius 1 is 1.30 bits per heavy atom. The Bertz CT molecular complexity index is 642. The van der Waals surface area contributed by atoms with Crippen LogP contribution >= 0.6 is 31.9 Å². The van der Waals surface area contributed by atoms with Gasteiger partial charge in [0.15, 0.2) is 5.82 Å². The van der Waals surface area contributed by atoms with Crippen LogP contribution in [0.4, 0.5) is 17.2 Å². The molecule has 7 heteroatoms. The normalized spacial score (nSPS) is 10.2. The second kappa shape index (κ2) is 6.23. The molecule has 0 saturated carbocycles. The molecule has 5 nitrogen and oxygen atoms in total. The number of benzene rings is 1. The molecule has 0 saturated heterocycles. The van der Waals surface area contributed by atoms with E-state index in [1.54, 1.807) is 0 Å². The number of hydrogen-bond acceptors (Lipinski definition) is 5. The predicted molar refractivity (Wildman–Crippen MR) is 85.1 cm³/mol. The number of pyridine rings is 1. The van der Waals surface area contributed by atoms with E-state index in [4.69, 9.17) is 5.73 Å². The predicted octanol–water partition coefficient (Wildman–Crippen LogP) is 3.72. The van der Waals surface area contributed by atoms with Gasteiger partial charge in [0.25, 0.3) is 0 Å². The maximum atomic E-state index is 11.6.